The van der Waals surface area contributed by atoms with E-state index in [4.69, 9.17) is 11.0 Å². The summed E-state index contributed by atoms with van der Waals surface area (Å²) in [6, 6.07) is 9.95. The van der Waals surface area contributed by atoms with Gasteiger partial charge in [0, 0.05) is 5.56 Å². The average Bonchev–Trinajstić information content (AvgIpc) is 2.60. The van der Waals surface area contributed by atoms with Crippen molar-refractivity contribution in [2.75, 3.05) is 5.73 Å². The molecular weight excluding hydrogens is 206 g/mol. The lowest BCUT2D eigenvalue weighted by Gasteiger charge is -2.01. The fraction of sp³-hybridized carbons (Fsp3) is 0.0909. The van der Waals surface area contributed by atoms with Crippen LogP contribution >= 0.6 is 11.3 Å². The molecule has 0 saturated carbocycles. The van der Waals surface area contributed by atoms with Gasteiger partial charge in [-0.05, 0) is 12.5 Å². The van der Waals surface area contributed by atoms with Crippen molar-refractivity contribution < 1.29 is 0 Å². The SMILES string of the molecule is Cc1ccccc1-c1nc(N)sc1C#N. The zero-order valence-electron chi connectivity index (χ0n) is 8.19. The first-order valence-electron chi connectivity index (χ1n) is 4.45. The second-order valence-corrected chi connectivity index (χ2v) is 4.19. The van der Waals surface area contributed by atoms with Gasteiger partial charge in [-0.3, -0.25) is 0 Å². The van der Waals surface area contributed by atoms with E-state index in [9.17, 15) is 0 Å². The molecule has 0 amide bonds. The van der Waals surface area contributed by atoms with Gasteiger partial charge < -0.3 is 5.73 Å². The van der Waals surface area contributed by atoms with Gasteiger partial charge in [-0.15, -0.1) is 0 Å². The number of aryl methyl sites for hydroxylation is 1. The second-order valence-electron chi connectivity index (χ2n) is 3.16. The third-order valence-electron chi connectivity index (χ3n) is 2.15. The number of anilines is 1. The number of nitrogen functional groups attached to an aromatic ring is 1. The highest BCUT2D eigenvalue weighted by molar-refractivity contribution is 7.16. The minimum Gasteiger partial charge on any atom is -0.375 e. The molecule has 0 aliphatic rings. The van der Waals surface area contributed by atoms with Gasteiger partial charge in [-0.1, -0.05) is 35.6 Å². The molecule has 74 valence electrons. The molecule has 0 radical (unpaired) electrons. The molecule has 4 heteroatoms. The first-order valence-corrected chi connectivity index (χ1v) is 5.26. The van der Waals surface area contributed by atoms with Crippen LogP contribution in [0, 0.1) is 18.3 Å². The van der Waals surface area contributed by atoms with E-state index < -0.39 is 0 Å². The molecule has 3 nitrogen and oxygen atoms in total. The van der Waals surface area contributed by atoms with E-state index in [0.29, 0.717) is 15.7 Å². The van der Waals surface area contributed by atoms with Crippen molar-refractivity contribution in [1.29, 1.82) is 5.26 Å². The van der Waals surface area contributed by atoms with Gasteiger partial charge in [0.15, 0.2) is 5.13 Å². The summed E-state index contributed by atoms with van der Waals surface area (Å²) in [5.74, 6) is 0. The van der Waals surface area contributed by atoms with Crippen molar-refractivity contribution in [3.63, 3.8) is 0 Å². The lowest BCUT2D eigenvalue weighted by atomic mass is 10.1. The van der Waals surface area contributed by atoms with Gasteiger partial charge in [0.1, 0.15) is 16.6 Å². The maximum Gasteiger partial charge on any atom is 0.181 e. The smallest absolute Gasteiger partial charge is 0.181 e. The Morgan fingerprint density at radius 3 is 2.80 bits per heavy atom. The highest BCUT2D eigenvalue weighted by Gasteiger charge is 2.12. The van der Waals surface area contributed by atoms with Crippen molar-refractivity contribution in [3.05, 3.63) is 34.7 Å². The number of rotatable bonds is 1. The summed E-state index contributed by atoms with van der Waals surface area (Å²) in [6.45, 7) is 1.99. The van der Waals surface area contributed by atoms with Gasteiger partial charge in [-0.25, -0.2) is 4.98 Å². The standard InChI is InChI=1S/C11H9N3S/c1-7-4-2-3-5-8(7)10-9(6-12)15-11(13)14-10/h2-5H,1H3,(H2,13,14). The Balaban J connectivity index is 2.65. The second kappa shape index (κ2) is 3.71. The molecule has 0 unspecified atom stereocenters. The van der Waals surface area contributed by atoms with E-state index >= 15 is 0 Å². The number of benzene rings is 1. The van der Waals surface area contributed by atoms with Gasteiger partial charge >= 0.3 is 0 Å². The topological polar surface area (TPSA) is 62.7 Å². The van der Waals surface area contributed by atoms with Crippen molar-refractivity contribution in [2.24, 2.45) is 0 Å². The van der Waals surface area contributed by atoms with Crippen LogP contribution in [0.1, 0.15) is 10.4 Å². The van der Waals surface area contributed by atoms with E-state index in [1.54, 1.807) is 0 Å². The van der Waals surface area contributed by atoms with Gasteiger partial charge in [0.25, 0.3) is 0 Å². The molecule has 0 aliphatic heterocycles. The summed E-state index contributed by atoms with van der Waals surface area (Å²) < 4.78 is 0. The Bertz CT molecular complexity index is 537. The summed E-state index contributed by atoms with van der Waals surface area (Å²) in [7, 11) is 0. The van der Waals surface area contributed by atoms with Crippen molar-refractivity contribution in [1.82, 2.24) is 4.98 Å². The molecule has 1 aromatic heterocycles. The highest BCUT2D eigenvalue weighted by Crippen LogP contribution is 2.30. The Morgan fingerprint density at radius 1 is 1.40 bits per heavy atom. The van der Waals surface area contributed by atoms with Gasteiger partial charge in [0.2, 0.25) is 0 Å². The highest BCUT2D eigenvalue weighted by atomic mass is 32.1. The normalized spacial score (nSPS) is 9.87. The average molecular weight is 215 g/mol. The zero-order chi connectivity index (χ0) is 10.8. The first-order chi connectivity index (χ1) is 7.22. The molecular formula is C11H9N3S. The largest absolute Gasteiger partial charge is 0.375 e. The van der Waals surface area contributed by atoms with Crippen molar-refractivity contribution in [3.8, 4) is 17.3 Å². The van der Waals surface area contributed by atoms with Crippen LogP contribution in [0.3, 0.4) is 0 Å². The number of nitriles is 1. The van der Waals surface area contributed by atoms with Crippen molar-refractivity contribution in [2.45, 2.75) is 6.92 Å². The lowest BCUT2D eigenvalue weighted by Crippen LogP contribution is -1.86. The lowest BCUT2D eigenvalue weighted by molar-refractivity contribution is 1.36. The van der Waals surface area contributed by atoms with E-state index in [-0.39, 0.29) is 0 Å². The fourth-order valence-corrected chi connectivity index (χ4v) is 2.08. The molecule has 0 atom stereocenters. The molecule has 0 saturated heterocycles. The molecule has 0 bridgehead atoms. The molecule has 2 N–H and O–H groups in total. The van der Waals surface area contributed by atoms with E-state index in [1.807, 2.05) is 31.2 Å². The minimum atomic E-state index is 0.435. The van der Waals surface area contributed by atoms with Crippen LogP contribution in [-0.4, -0.2) is 4.98 Å². The Kier molecular flexibility index (Phi) is 2.40. The summed E-state index contributed by atoms with van der Waals surface area (Å²) >= 11 is 1.22. The predicted molar refractivity (Wildman–Crippen MR) is 61.4 cm³/mol. The molecule has 0 spiro atoms. The number of aromatic nitrogens is 1. The monoisotopic (exact) mass is 215 g/mol. The molecule has 2 aromatic rings. The zero-order valence-corrected chi connectivity index (χ0v) is 9.01. The molecule has 15 heavy (non-hydrogen) atoms. The summed E-state index contributed by atoms with van der Waals surface area (Å²) in [5.41, 5.74) is 8.36. The Morgan fingerprint density at radius 2 is 2.13 bits per heavy atom. The van der Waals surface area contributed by atoms with Crippen LogP contribution in [0.5, 0.6) is 0 Å². The first kappa shape index (κ1) is 9.69. The van der Waals surface area contributed by atoms with Crippen LogP contribution < -0.4 is 5.73 Å². The number of nitrogens with two attached hydrogens (primary N) is 1. The van der Waals surface area contributed by atoms with Gasteiger partial charge in [-0.2, -0.15) is 5.26 Å². The van der Waals surface area contributed by atoms with Gasteiger partial charge in [0.05, 0.1) is 0 Å². The molecule has 1 aromatic carbocycles. The predicted octanol–water partition coefficient (Wildman–Crippen LogP) is 2.57. The third-order valence-corrected chi connectivity index (χ3v) is 2.93. The van der Waals surface area contributed by atoms with E-state index in [2.05, 4.69) is 11.1 Å². The van der Waals surface area contributed by atoms with Crippen LogP contribution in [0.15, 0.2) is 24.3 Å². The molecule has 1 heterocycles. The number of nitrogens with zero attached hydrogens (tertiary/aromatic N) is 2. The maximum atomic E-state index is 8.95. The fourth-order valence-electron chi connectivity index (χ4n) is 1.43. The molecule has 0 aliphatic carbocycles. The number of hydrogen-bond donors (Lipinski definition) is 1. The van der Waals surface area contributed by atoms with Crippen LogP contribution in [-0.2, 0) is 0 Å². The molecule has 2 rings (SSSR count). The number of hydrogen-bond acceptors (Lipinski definition) is 4. The van der Waals surface area contributed by atoms with E-state index in [0.717, 1.165) is 11.1 Å². The van der Waals surface area contributed by atoms with Crippen molar-refractivity contribution >= 4 is 16.5 Å². The Hall–Kier alpha value is -1.86. The third kappa shape index (κ3) is 1.69. The van der Waals surface area contributed by atoms with Crippen LogP contribution in [0.4, 0.5) is 5.13 Å². The maximum absolute atomic E-state index is 8.95. The summed E-state index contributed by atoms with van der Waals surface area (Å²) in [6.07, 6.45) is 0. The Labute approximate surface area is 91.8 Å². The van der Waals surface area contributed by atoms with E-state index in [1.165, 1.54) is 11.3 Å². The molecule has 0 fully saturated rings. The summed E-state index contributed by atoms with van der Waals surface area (Å²) in [4.78, 5) is 4.76. The quantitative estimate of drug-likeness (QED) is 0.795. The van der Waals surface area contributed by atoms with Crippen LogP contribution in [0.2, 0.25) is 0 Å². The minimum absolute atomic E-state index is 0.435. The number of thiazole rings is 1. The van der Waals surface area contributed by atoms with Crippen LogP contribution in [0.25, 0.3) is 11.3 Å². The summed E-state index contributed by atoms with van der Waals surface area (Å²) in [5, 5.41) is 9.38.